The first-order valence-corrected chi connectivity index (χ1v) is 6.34. The number of nitrogens with zero attached hydrogens (tertiary/aromatic N) is 1. The molecule has 0 saturated heterocycles. The summed E-state index contributed by atoms with van der Waals surface area (Å²) < 4.78 is 10.5. The fraction of sp³-hybridized carbons (Fsp3) is 0.500. The average molecular weight is 248 g/mol. The van der Waals surface area contributed by atoms with Crippen LogP contribution in [0.1, 0.15) is 36.1 Å². The first kappa shape index (κ1) is 12.9. The van der Waals surface area contributed by atoms with Crippen LogP contribution >= 0.6 is 0 Å². The molecule has 0 bridgehead atoms. The Morgan fingerprint density at radius 1 is 1.39 bits per heavy atom. The zero-order valence-electron chi connectivity index (χ0n) is 11.2. The second-order valence-electron chi connectivity index (χ2n) is 4.70. The maximum Gasteiger partial charge on any atom is 0.138 e. The van der Waals surface area contributed by atoms with E-state index in [1.165, 1.54) is 5.56 Å². The van der Waals surface area contributed by atoms with Crippen molar-refractivity contribution in [2.75, 3.05) is 0 Å². The Morgan fingerprint density at radius 3 is 2.83 bits per heavy atom. The maximum atomic E-state index is 5.32. The third kappa shape index (κ3) is 3.23. The van der Waals surface area contributed by atoms with Gasteiger partial charge in [0.1, 0.15) is 11.5 Å². The molecular weight excluding hydrogens is 228 g/mol. The summed E-state index contributed by atoms with van der Waals surface area (Å²) in [5.74, 6) is 1.94. The van der Waals surface area contributed by atoms with Gasteiger partial charge in [-0.25, -0.2) is 0 Å². The van der Waals surface area contributed by atoms with E-state index in [0.29, 0.717) is 6.04 Å². The minimum Gasteiger partial charge on any atom is -0.469 e. The third-order valence-corrected chi connectivity index (χ3v) is 3.21. The van der Waals surface area contributed by atoms with Crippen molar-refractivity contribution in [1.82, 2.24) is 10.5 Å². The Labute approximate surface area is 107 Å². The van der Waals surface area contributed by atoms with E-state index in [4.69, 9.17) is 8.94 Å². The molecule has 0 saturated carbocycles. The van der Waals surface area contributed by atoms with E-state index in [1.807, 2.05) is 26.0 Å². The summed E-state index contributed by atoms with van der Waals surface area (Å²) in [5.41, 5.74) is 2.14. The van der Waals surface area contributed by atoms with Gasteiger partial charge in [-0.1, -0.05) is 5.16 Å². The summed E-state index contributed by atoms with van der Waals surface area (Å²) in [5, 5.41) is 7.44. The largest absolute Gasteiger partial charge is 0.469 e. The van der Waals surface area contributed by atoms with Gasteiger partial charge in [-0.05, 0) is 39.3 Å². The second kappa shape index (κ2) is 5.87. The smallest absolute Gasteiger partial charge is 0.138 e. The van der Waals surface area contributed by atoms with Crippen molar-refractivity contribution in [3.05, 3.63) is 41.2 Å². The van der Waals surface area contributed by atoms with E-state index in [0.717, 1.165) is 36.6 Å². The lowest BCUT2D eigenvalue weighted by atomic mass is 10.1. The molecule has 0 spiro atoms. The van der Waals surface area contributed by atoms with Gasteiger partial charge in [0.2, 0.25) is 0 Å². The monoisotopic (exact) mass is 248 g/mol. The van der Waals surface area contributed by atoms with Crippen molar-refractivity contribution in [3.8, 4) is 0 Å². The molecule has 2 heterocycles. The van der Waals surface area contributed by atoms with Gasteiger partial charge < -0.3 is 14.3 Å². The summed E-state index contributed by atoms with van der Waals surface area (Å²) in [4.78, 5) is 0. The van der Waals surface area contributed by atoms with Crippen LogP contribution in [0.3, 0.4) is 0 Å². The van der Waals surface area contributed by atoms with Gasteiger partial charge in [-0.2, -0.15) is 0 Å². The normalized spacial score (nSPS) is 12.8. The number of hydrogen-bond acceptors (Lipinski definition) is 4. The molecule has 98 valence electrons. The molecule has 18 heavy (non-hydrogen) atoms. The fourth-order valence-corrected chi connectivity index (χ4v) is 1.95. The molecule has 0 aromatic carbocycles. The molecule has 0 amide bonds. The lowest BCUT2D eigenvalue weighted by molar-refractivity contribution is 0.391. The second-order valence-corrected chi connectivity index (χ2v) is 4.70. The van der Waals surface area contributed by atoms with E-state index in [-0.39, 0.29) is 0 Å². The van der Waals surface area contributed by atoms with E-state index < -0.39 is 0 Å². The van der Waals surface area contributed by atoms with Gasteiger partial charge in [-0.3, -0.25) is 0 Å². The molecule has 1 unspecified atom stereocenters. The number of furan rings is 1. The van der Waals surface area contributed by atoms with Gasteiger partial charge in [-0.15, -0.1) is 0 Å². The fourth-order valence-electron chi connectivity index (χ4n) is 1.95. The van der Waals surface area contributed by atoms with E-state index in [2.05, 4.69) is 17.4 Å². The molecule has 4 heteroatoms. The average Bonchev–Trinajstić information content (AvgIpc) is 2.96. The Morgan fingerprint density at radius 2 is 2.22 bits per heavy atom. The van der Waals surface area contributed by atoms with Crippen LogP contribution in [0, 0.1) is 13.8 Å². The molecule has 1 atom stereocenters. The highest BCUT2D eigenvalue weighted by atomic mass is 16.5. The highest BCUT2D eigenvalue weighted by Crippen LogP contribution is 2.12. The summed E-state index contributed by atoms with van der Waals surface area (Å²) in [6.45, 7) is 6.91. The van der Waals surface area contributed by atoms with Gasteiger partial charge in [0.15, 0.2) is 0 Å². The van der Waals surface area contributed by atoms with E-state index in [1.54, 1.807) is 6.26 Å². The van der Waals surface area contributed by atoms with E-state index in [9.17, 15) is 0 Å². The SMILES string of the molecule is Cc1noc(C)c1CNC(C)CCc1ccco1. The highest BCUT2D eigenvalue weighted by molar-refractivity contribution is 5.20. The number of rotatable bonds is 6. The standard InChI is InChI=1S/C14H20N2O2/c1-10(6-7-13-5-4-8-17-13)15-9-14-11(2)16-18-12(14)3/h4-5,8,10,15H,6-7,9H2,1-3H3. The summed E-state index contributed by atoms with van der Waals surface area (Å²) in [6, 6.07) is 4.38. The Bertz CT molecular complexity index is 454. The van der Waals surface area contributed by atoms with Crippen LogP contribution in [0.15, 0.2) is 27.3 Å². The Hall–Kier alpha value is -1.55. The quantitative estimate of drug-likeness (QED) is 0.853. The molecule has 2 aromatic rings. The number of hydrogen-bond donors (Lipinski definition) is 1. The van der Waals surface area contributed by atoms with Crippen LogP contribution in [-0.2, 0) is 13.0 Å². The Balaban J connectivity index is 1.76. The first-order chi connectivity index (χ1) is 8.66. The zero-order valence-corrected chi connectivity index (χ0v) is 11.2. The third-order valence-electron chi connectivity index (χ3n) is 3.21. The molecular formula is C14H20N2O2. The van der Waals surface area contributed by atoms with Crippen molar-refractivity contribution < 1.29 is 8.94 Å². The van der Waals surface area contributed by atoms with Gasteiger partial charge in [0, 0.05) is 24.6 Å². The van der Waals surface area contributed by atoms with Crippen molar-refractivity contribution in [3.63, 3.8) is 0 Å². The highest BCUT2D eigenvalue weighted by Gasteiger charge is 2.10. The van der Waals surface area contributed by atoms with Crippen LogP contribution in [-0.4, -0.2) is 11.2 Å². The predicted octanol–water partition coefficient (Wildman–Crippen LogP) is 3.00. The summed E-state index contributed by atoms with van der Waals surface area (Å²) in [7, 11) is 0. The van der Waals surface area contributed by atoms with E-state index >= 15 is 0 Å². The summed E-state index contributed by atoms with van der Waals surface area (Å²) in [6.07, 6.45) is 3.73. The molecule has 0 aliphatic rings. The topological polar surface area (TPSA) is 51.2 Å². The van der Waals surface area contributed by atoms with Crippen LogP contribution in [0.25, 0.3) is 0 Å². The molecule has 0 aliphatic carbocycles. The van der Waals surface area contributed by atoms with Crippen molar-refractivity contribution in [2.45, 2.75) is 46.2 Å². The molecule has 0 fully saturated rings. The minimum atomic E-state index is 0.434. The number of nitrogens with one attached hydrogen (secondary N) is 1. The van der Waals surface area contributed by atoms with Crippen LogP contribution in [0.2, 0.25) is 0 Å². The molecule has 2 rings (SSSR count). The van der Waals surface area contributed by atoms with Crippen molar-refractivity contribution >= 4 is 0 Å². The van der Waals surface area contributed by atoms with Crippen LogP contribution < -0.4 is 5.32 Å². The maximum absolute atomic E-state index is 5.32. The predicted molar refractivity (Wildman–Crippen MR) is 69.3 cm³/mol. The number of aromatic nitrogens is 1. The summed E-state index contributed by atoms with van der Waals surface area (Å²) >= 11 is 0. The zero-order chi connectivity index (χ0) is 13.0. The van der Waals surface area contributed by atoms with Crippen molar-refractivity contribution in [1.29, 1.82) is 0 Å². The van der Waals surface area contributed by atoms with Crippen LogP contribution in [0.4, 0.5) is 0 Å². The van der Waals surface area contributed by atoms with Gasteiger partial charge in [0.25, 0.3) is 0 Å². The van der Waals surface area contributed by atoms with Crippen molar-refractivity contribution in [2.24, 2.45) is 0 Å². The molecule has 0 radical (unpaired) electrons. The Kier molecular flexibility index (Phi) is 4.20. The molecule has 4 nitrogen and oxygen atoms in total. The minimum absolute atomic E-state index is 0.434. The van der Waals surface area contributed by atoms with Gasteiger partial charge >= 0.3 is 0 Å². The lowest BCUT2D eigenvalue weighted by Gasteiger charge is -2.12. The first-order valence-electron chi connectivity index (χ1n) is 6.34. The van der Waals surface area contributed by atoms with Gasteiger partial charge in [0.05, 0.1) is 12.0 Å². The lowest BCUT2D eigenvalue weighted by Crippen LogP contribution is -2.26. The number of aryl methyl sites for hydroxylation is 3. The molecule has 1 N–H and O–H groups in total. The van der Waals surface area contributed by atoms with Crippen LogP contribution in [0.5, 0.6) is 0 Å². The molecule has 2 aromatic heterocycles. The molecule has 0 aliphatic heterocycles.